The fraction of sp³-hybridized carbons (Fsp3) is 0.667. The fourth-order valence-electron chi connectivity index (χ4n) is 2.75. The Kier molecular flexibility index (Phi) is 5.89. The molecule has 1 fully saturated rings. The molecule has 0 aliphatic heterocycles. The Hall–Kier alpha value is -0.350. The van der Waals surface area contributed by atoms with E-state index in [2.05, 4.69) is 27.4 Å². The maximum absolute atomic E-state index is 12.1. The van der Waals surface area contributed by atoms with Gasteiger partial charge in [0.15, 0.2) is 0 Å². The van der Waals surface area contributed by atoms with E-state index >= 15 is 0 Å². The van der Waals surface area contributed by atoms with Crippen LogP contribution in [0.3, 0.4) is 0 Å². The van der Waals surface area contributed by atoms with Gasteiger partial charge in [-0.3, -0.25) is 4.79 Å². The van der Waals surface area contributed by atoms with E-state index in [0.717, 1.165) is 23.4 Å². The van der Waals surface area contributed by atoms with Gasteiger partial charge in [0.25, 0.3) is 0 Å². The largest absolute Gasteiger partial charge is 0.341 e. The Bertz CT molecular complexity index is 412. The molecule has 0 N–H and O–H groups in total. The van der Waals surface area contributed by atoms with Gasteiger partial charge in [0.1, 0.15) is 0 Å². The Morgan fingerprint density at radius 3 is 2.79 bits per heavy atom. The second kappa shape index (κ2) is 7.44. The van der Waals surface area contributed by atoms with E-state index in [-0.39, 0.29) is 5.91 Å². The highest BCUT2D eigenvalue weighted by atomic mass is 79.9. The van der Waals surface area contributed by atoms with Crippen molar-refractivity contribution in [3.63, 3.8) is 0 Å². The number of halogens is 1. The van der Waals surface area contributed by atoms with Crippen molar-refractivity contribution >= 4 is 33.2 Å². The van der Waals surface area contributed by atoms with Crippen molar-refractivity contribution < 1.29 is 4.79 Å². The van der Waals surface area contributed by atoms with E-state index in [4.69, 9.17) is 0 Å². The predicted octanol–water partition coefficient (Wildman–Crippen LogP) is 4.83. The van der Waals surface area contributed by atoms with Gasteiger partial charge in [0.2, 0.25) is 5.91 Å². The lowest BCUT2D eigenvalue weighted by Crippen LogP contribution is -2.26. The van der Waals surface area contributed by atoms with E-state index in [1.807, 2.05) is 11.9 Å². The Labute approximate surface area is 128 Å². The first-order valence-corrected chi connectivity index (χ1v) is 8.79. The molecule has 1 heterocycles. The number of hydrogen-bond acceptors (Lipinski definition) is 2. The molecule has 1 amide bonds. The monoisotopic (exact) mass is 343 g/mol. The zero-order valence-electron chi connectivity index (χ0n) is 11.5. The van der Waals surface area contributed by atoms with Crippen LogP contribution >= 0.6 is 27.3 Å². The fourth-order valence-corrected chi connectivity index (χ4v) is 4.26. The van der Waals surface area contributed by atoms with Gasteiger partial charge in [-0.25, -0.2) is 0 Å². The lowest BCUT2D eigenvalue weighted by molar-refractivity contribution is -0.130. The first-order chi connectivity index (χ1) is 9.15. The number of hydrogen-bond donors (Lipinski definition) is 0. The van der Waals surface area contributed by atoms with Gasteiger partial charge in [-0.15, -0.1) is 11.3 Å². The average Bonchev–Trinajstić information content (AvgIpc) is 2.82. The molecule has 1 saturated carbocycles. The van der Waals surface area contributed by atoms with Crippen molar-refractivity contribution in [2.75, 3.05) is 7.05 Å². The molecule has 1 aliphatic carbocycles. The highest BCUT2D eigenvalue weighted by molar-refractivity contribution is 9.10. The van der Waals surface area contributed by atoms with Crippen LogP contribution in [0.15, 0.2) is 15.9 Å². The molecule has 0 radical (unpaired) electrons. The van der Waals surface area contributed by atoms with Gasteiger partial charge in [-0.2, -0.15) is 0 Å². The number of carbonyl (C=O) groups is 1. The SMILES string of the molecule is CN(Cc1cc(Br)cs1)C(=O)CCC1CCCCC1. The molecule has 0 aromatic carbocycles. The highest BCUT2D eigenvalue weighted by Crippen LogP contribution is 2.27. The van der Waals surface area contributed by atoms with Gasteiger partial charge in [-0.1, -0.05) is 32.1 Å². The zero-order chi connectivity index (χ0) is 13.7. The van der Waals surface area contributed by atoms with Crippen molar-refractivity contribution in [1.29, 1.82) is 0 Å². The summed E-state index contributed by atoms with van der Waals surface area (Å²) in [6.07, 6.45) is 8.56. The molecular weight excluding hydrogens is 322 g/mol. The predicted molar refractivity (Wildman–Crippen MR) is 84.3 cm³/mol. The summed E-state index contributed by atoms with van der Waals surface area (Å²) in [5.74, 6) is 1.08. The summed E-state index contributed by atoms with van der Waals surface area (Å²) < 4.78 is 1.11. The van der Waals surface area contributed by atoms with Crippen molar-refractivity contribution in [1.82, 2.24) is 4.90 Å². The van der Waals surface area contributed by atoms with E-state index < -0.39 is 0 Å². The lowest BCUT2D eigenvalue weighted by atomic mass is 9.86. The molecule has 4 heteroatoms. The molecule has 1 aliphatic rings. The first-order valence-electron chi connectivity index (χ1n) is 7.12. The summed E-state index contributed by atoms with van der Waals surface area (Å²) >= 11 is 5.15. The molecule has 2 rings (SSSR count). The van der Waals surface area contributed by atoms with Crippen LogP contribution in [0.4, 0.5) is 0 Å². The van der Waals surface area contributed by atoms with Crippen LogP contribution in [0.25, 0.3) is 0 Å². The van der Waals surface area contributed by atoms with Gasteiger partial charge >= 0.3 is 0 Å². The molecule has 0 unspecified atom stereocenters. The standard InChI is InChI=1S/C15H22BrNOS/c1-17(10-14-9-13(16)11-19-14)15(18)8-7-12-5-3-2-4-6-12/h9,11-12H,2-8,10H2,1H3. The molecule has 0 spiro atoms. The van der Waals surface area contributed by atoms with Crippen LogP contribution in [-0.2, 0) is 11.3 Å². The third kappa shape index (κ3) is 4.92. The summed E-state index contributed by atoms with van der Waals surface area (Å²) in [5.41, 5.74) is 0. The smallest absolute Gasteiger partial charge is 0.222 e. The minimum atomic E-state index is 0.287. The van der Waals surface area contributed by atoms with Gasteiger partial charge in [-0.05, 0) is 34.3 Å². The number of amides is 1. The average molecular weight is 344 g/mol. The topological polar surface area (TPSA) is 20.3 Å². The molecule has 0 bridgehead atoms. The van der Waals surface area contributed by atoms with Crippen molar-refractivity contribution in [2.24, 2.45) is 5.92 Å². The summed E-state index contributed by atoms with van der Waals surface area (Å²) in [7, 11) is 1.91. The van der Waals surface area contributed by atoms with E-state index in [1.54, 1.807) is 11.3 Å². The normalized spacial score (nSPS) is 16.5. The summed E-state index contributed by atoms with van der Waals surface area (Å²) in [6.45, 7) is 0.736. The van der Waals surface area contributed by atoms with Crippen LogP contribution in [0.5, 0.6) is 0 Å². The van der Waals surface area contributed by atoms with Crippen LogP contribution in [0.1, 0.15) is 49.8 Å². The summed E-state index contributed by atoms with van der Waals surface area (Å²) in [5, 5.41) is 2.07. The number of rotatable bonds is 5. The van der Waals surface area contributed by atoms with Crippen molar-refractivity contribution in [3.05, 3.63) is 20.8 Å². The van der Waals surface area contributed by atoms with Crippen molar-refractivity contribution in [3.8, 4) is 0 Å². The third-order valence-corrected chi connectivity index (χ3v) is 5.61. The zero-order valence-corrected chi connectivity index (χ0v) is 13.9. The molecule has 0 saturated heterocycles. The minimum absolute atomic E-state index is 0.287. The second-order valence-electron chi connectivity index (χ2n) is 5.52. The second-order valence-corrected chi connectivity index (χ2v) is 7.44. The van der Waals surface area contributed by atoms with Crippen molar-refractivity contribution in [2.45, 2.75) is 51.5 Å². The van der Waals surface area contributed by atoms with Gasteiger partial charge in [0.05, 0.1) is 6.54 Å². The molecule has 1 aromatic rings. The van der Waals surface area contributed by atoms with Gasteiger partial charge < -0.3 is 4.90 Å². The number of nitrogens with zero attached hydrogens (tertiary/aromatic N) is 1. The molecule has 0 atom stereocenters. The third-order valence-electron chi connectivity index (χ3n) is 3.93. The first kappa shape index (κ1) is 15.0. The molecular formula is C15H22BrNOS. The minimum Gasteiger partial charge on any atom is -0.341 e. The Morgan fingerprint density at radius 1 is 1.42 bits per heavy atom. The molecule has 1 aromatic heterocycles. The number of thiophene rings is 1. The van der Waals surface area contributed by atoms with E-state index in [9.17, 15) is 4.79 Å². The lowest BCUT2D eigenvalue weighted by Gasteiger charge is -2.22. The summed E-state index contributed by atoms with van der Waals surface area (Å²) in [4.78, 5) is 15.2. The Morgan fingerprint density at radius 2 is 2.16 bits per heavy atom. The van der Waals surface area contributed by atoms with Crippen LogP contribution < -0.4 is 0 Å². The van der Waals surface area contributed by atoms with Crippen LogP contribution in [0, 0.1) is 5.92 Å². The van der Waals surface area contributed by atoms with Gasteiger partial charge in [0, 0.05) is 28.2 Å². The van der Waals surface area contributed by atoms with Crippen LogP contribution in [0.2, 0.25) is 0 Å². The van der Waals surface area contributed by atoms with E-state index in [1.165, 1.54) is 37.0 Å². The number of carbonyl (C=O) groups excluding carboxylic acids is 1. The maximum Gasteiger partial charge on any atom is 0.222 e. The Balaban J connectivity index is 1.72. The van der Waals surface area contributed by atoms with Crippen LogP contribution in [-0.4, -0.2) is 17.9 Å². The maximum atomic E-state index is 12.1. The molecule has 19 heavy (non-hydrogen) atoms. The highest BCUT2D eigenvalue weighted by Gasteiger charge is 2.16. The molecule has 2 nitrogen and oxygen atoms in total. The summed E-state index contributed by atoms with van der Waals surface area (Å²) in [6, 6.07) is 2.09. The molecule has 106 valence electrons. The van der Waals surface area contributed by atoms with E-state index in [0.29, 0.717) is 6.42 Å². The quantitative estimate of drug-likeness (QED) is 0.749.